The number of nitrogens with two attached hydrogens (primary N) is 2. The summed E-state index contributed by atoms with van der Waals surface area (Å²) >= 11 is 1.37. The molecule has 4 aromatic rings. The van der Waals surface area contributed by atoms with Gasteiger partial charge in [-0.3, -0.25) is 9.78 Å². The van der Waals surface area contributed by atoms with Crippen molar-refractivity contribution in [3.8, 4) is 21.8 Å². The van der Waals surface area contributed by atoms with Gasteiger partial charge in [0.1, 0.15) is 22.2 Å². The van der Waals surface area contributed by atoms with Gasteiger partial charge in [-0.05, 0) is 47.0 Å². The van der Waals surface area contributed by atoms with Crippen molar-refractivity contribution in [2.24, 2.45) is 0 Å². The van der Waals surface area contributed by atoms with E-state index in [1.54, 1.807) is 23.7 Å². The summed E-state index contributed by atoms with van der Waals surface area (Å²) in [5.41, 5.74) is 12.1. The summed E-state index contributed by atoms with van der Waals surface area (Å²) in [4.78, 5) is 28.9. The number of carbonyl (C=O) groups is 1. The van der Waals surface area contributed by atoms with Crippen LogP contribution in [0.5, 0.6) is 0 Å². The van der Waals surface area contributed by atoms with Crippen molar-refractivity contribution >= 4 is 28.6 Å². The third-order valence-corrected chi connectivity index (χ3v) is 5.34. The highest BCUT2D eigenvalue weighted by atomic mass is 32.1. The van der Waals surface area contributed by atoms with Crippen LogP contribution in [0, 0.1) is 0 Å². The second kappa shape index (κ2) is 8.35. The number of Topliss-reactive ketones (excluding diaryl/α,β-unsaturated/α-hetero) is 1. The summed E-state index contributed by atoms with van der Waals surface area (Å²) in [6.07, 6.45) is -0.384. The molecular weight excluding hydrogens is 441 g/mol. The molecule has 11 heteroatoms. The van der Waals surface area contributed by atoms with Crippen molar-refractivity contribution in [2.75, 3.05) is 11.5 Å². The molecule has 0 bridgehead atoms. The average Bonchev–Trinajstić information content (AvgIpc) is 3.28. The molecule has 0 aliphatic heterocycles. The molecule has 0 radical (unpaired) electrons. The van der Waals surface area contributed by atoms with Crippen LogP contribution in [-0.2, 0) is 12.6 Å². The van der Waals surface area contributed by atoms with Crippen LogP contribution < -0.4 is 11.5 Å². The van der Waals surface area contributed by atoms with E-state index in [1.165, 1.54) is 35.9 Å². The van der Waals surface area contributed by atoms with E-state index in [9.17, 15) is 18.0 Å². The molecule has 0 saturated carbocycles. The molecule has 0 aliphatic rings. The molecule has 4 N–H and O–H groups in total. The van der Waals surface area contributed by atoms with Crippen molar-refractivity contribution in [3.63, 3.8) is 0 Å². The molecular formula is C21H15F3N6OS. The number of thiazole rings is 1. The first kappa shape index (κ1) is 21.4. The van der Waals surface area contributed by atoms with E-state index in [0.717, 1.165) is 6.07 Å². The van der Waals surface area contributed by atoms with Crippen LogP contribution in [0.3, 0.4) is 0 Å². The number of carbonyl (C=O) groups excluding carboxylic acids is 1. The normalized spacial score (nSPS) is 11.5. The number of halogens is 3. The van der Waals surface area contributed by atoms with Gasteiger partial charge >= 0.3 is 6.18 Å². The Morgan fingerprint density at radius 3 is 2.59 bits per heavy atom. The minimum Gasteiger partial charge on any atom is -0.397 e. The number of hydrogen-bond acceptors (Lipinski definition) is 8. The van der Waals surface area contributed by atoms with Crippen LogP contribution >= 0.6 is 11.3 Å². The highest BCUT2D eigenvalue weighted by Gasteiger charge is 2.33. The topological polar surface area (TPSA) is 121 Å². The number of nitrogens with zero attached hydrogens (tertiary/aromatic N) is 4. The first-order chi connectivity index (χ1) is 15.2. The number of pyridine rings is 3. The largest absolute Gasteiger partial charge is 0.433 e. The van der Waals surface area contributed by atoms with Crippen molar-refractivity contribution in [2.45, 2.75) is 12.6 Å². The first-order valence-electron chi connectivity index (χ1n) is 9.20. The van der Waals surface area contributed by atoms with Gasteiger partial charge in [-0.2, -0.15) is 13.2 Å². The molecule has 4 heterocycles. The van der Waals surface area contributed by atoms with Gasteiger partial charge in [-0.25, -0.2) is 15.0 Å². The van der Waals surface area contributed by atoms with Crippen LogP contribution in [-0.4, -0.2) is 25.7 Å². The number of nitrogen functional groups attached to an aromatic ring is 2. The monoisotopic (exact) mass is 456 g/mol. The second-order valence-corrected chi connectivity index (χ2v) is 7.66. The van der Waals surface area contributed by atoms with Gasteiger partial charge in [0.05, 0.1) is 11.4 Å². The first-order valence-corrected chi connectivity index (χ1v) is 10.1. The zero-order chi connectivity index (χ0) is 22.9. The molecule has 7 nitrogen and oxygen atoms in total. The number of aromatic nitrogens is 4. The van der Waals surface area contributed by atoms with Crippen molar-refractivity contribution in [3.05, 3.63) is 71.3 Å². The molecule has 0 amide bonds. The van der Waals surface area contributed by atoms with Crippen molar-refractivity contribution < 1.29 is 18.0 Å². The third-order valence-electron chi connectivity index (χ3n) is 4.54. The Hall–Kier alpha value is -3.86. The third kappa shape index (κ3) is 4.42. The van der Waals surface area contributed by atoms with Gasteiger partial charge in [-0.15, -0.1) is 11.3 Å². The Morgan fingerprint density at radius 1 is 1.06 bits per heavy atom. The second-order valence-electron chi connectivity index (χ2n) is 6.77. The summed E-state index contributed by atoms with van der Waals surface area (Å²) in [5.74, 6) is -0.695. The maximum Gasteiger partial charge on any atom is 0.433 e. The Labute approximate surface area is 184 Å². The molecule has 0 spiro atoms. The lowest BCUT2D eigenvalue weighted by Crippen LogP contribution is -2.12. The van der Waals surface area contributed by atoms with Crippen molar-refractivity contribution in [1.29, 1.82) is 0 Å². The number of ketones is 1. The fraction of sp³-hybridized carbons (Fsp3) is 0.0952. The maximum absolute atomic E-state index is 13.2. The molecule has 0 aliphatic carbocycles. The predicted octanol–water partition coefficient (Wildman–Crippen LogP) is 4.27. The highest BCUT2D eigenvalue weighted by Crippen LogP contribution is 2.33. The van der Waals surface area contributed by atoms with Gasteiger partial charge in [-0.1, -0.05) is 0 Å². The Balaban J connectivity index is 1.70. The SMILES string of the molecule is Nc1cc(-c2ccncc2CC(=O)c2nc(-c3nccs3)ccc2N)cc(C(F)(F)F)n1. The zero-order valence-electron chi connectivity index (χ0n) is 16.3. The standard InChI is InChI=1S/C21H15F3N6OS/c22-21(23,24)17-8-11(9-18(26)30-17)13-3-4-27-10-12(13)7-16(31)19-14(25)1-2-15(29-19)20-28-5-6-32-20/h1-6,8-10H,7,25H2,(H2,26,30). The van der Waals surface area contributed by atoms with E-state index in [1.807, 2.05) is 0 Å². The fourth-order valence-electron chi connectivity index (χ4n) is 3.12. The van der Waals surface area contributed by atoms with Crippen molar-refractivity contribution in [1.82, 2.24) is 19.9 Å². The molecule has 0 saturated heterocycles. The Bertz CT molecular complexity index is 1290. The van der Waals surface area contributed by atoms with Gasteiger partial charge in [0, 0.05) is 30.4 Å². The lowest BCUT2D eigenvalue weighted by Gasteiger charge is -2.13. The van der Waals surface area contributed by atoms with Gasteiger partial charge in [0.15, 0.2) is 5.78 Å². The molecule has 32 heavy (non-hydrogen) atoms. The lowest BCUT2D eigenvalue weighted by atomic mass is 9.97. The lowest BCUT2D eigenvalue weighted by molar-refractivity contribution is -0.141. The van der Waals surface area contributed by atoms with Crippen LogP contribution in [0.4, 0.5) is 24.7 Å². The highest BCUT2D eigenvalue weighted by molar-refractivity contribution is 7.13. The number of anilines is 2. The zero-order valence-corrected chi connectivity index (χ0v) is 17.1. The molecule has 0 unspecified atom stereocenters. The molecule has 162 valence electrons. The summed E-state index contributed by atoms with van der Waals surface area (Å²) in [7, 11) is 0. The predicted molar refractivity (Wildman–Crippen MR) is 115 cm³/mol. The van der Waals surface area contributed by atoms with Crippen LogP contribution in [0.2, 0.25) is 0 Å². The maximum atomic E-state index is 13.2. The van der Waals surface area contributed by atoms with E-state index in [-0.39, 0.29) is 29.2 Å². The molecule has 4 rings (SSSR count). The van der Waals surface area contributed by atoms with Crippen LogP contribution in [0.15, 0.2) is 54.3 Å². The molecule has 0 aromatic carbocycles. The summed E-state index contributed by atoms with van der Waals surface area (Å²) in [6.45, 7) is 0. The Morgan fingerprint density at radius 2 is 1.88 bits per heavy atom. The van der Waals surface area contributed by atoms with Crippen LogP contribution in [0.25, 0.3) is 21.8 Å². The minimum absolute atomic E-state index is 0.0534. The van der Waals surface area contributed by atoms with Gasteiger partial charge in [0.2, 0.25) is 0 Å². The summed E-state index contributed by atoms with van der Waals surface area (Å²) in [6, 6.07) is 6.95. The van der Waals surface area contributed by atoms with E-state index in [2.05, 4.69) is 19.9 Å². The number of rotatable bonds is 5. The number of alkyl halides is 3. The van der Waals surface area contributed by atoms with Gasteiger partial charge in [0.25, 0.3) is 0 Å². The van der Waals surface area contributed by atoms with Gasteiger partial charge < -0.3 is 11.5 Å². The van der Waals surface area contributed by atoms with E-state index in [0.29, 0.717) is 21.8 Å². The fourth-order valence-corrected chi connectivity index (χ4v) is 3.73. The average molecular weight is 456 g/mol. The quantitative estimate of drug-likeness (QED) is 0.430. The summed E-state index contributed by atoms with van der Waals surface area (Å²) in [5, 5.41) is 2.42. The number of hydrogen-bond donors (Lipinski definition) is 2. The van der Waals surface area contributed by atoms with E-state index in [4.69, 9.17) is 11.5 Å². The molecule has 0 fully saturated rings. The Kier molecular flexibility index (Phi) is 5.57. The smallest absolute Gasteiger partial charge is 0.397 e. The molecule has 4 aromatic heterocycles. The minimum atomic E-state index is -4.66. The van der Waals surface area contributed by atoms with E-state index >= 15 is 0 Å². The molecule has 0 atom stereocenters. The summed E-state index contributed by atoms with van der Waals surface area (Å²) < 4.78 is 39.6. The van der Waals surface area contributed by atoms with E-state index < -0.39 is 17.7 Å². The van der Waals surface area contributed by atoms with Crippen LogP contribution in [0.1, 0.15) is 21.7 Å².